The molecule has 0 bridgehead atoms. The molecule has 0 saturated heterocycles. The molecule has 2 heteroatoms. The molecule has 0 heterocycles. The summed E-state index contributed by atoms with van der Waals surface area (Å²) < 4.78 is 0. The van der Waals surface area contributed by atoms with Crippen LogP contribution in [-0.2, 0) is 0 Å². The highest BCUT2D eigenvalue weighted by Gasteiger charge is 2.42. The molecule has 0 aromatic heterocycles. The van der Waals surface area contributed by atoms with Gasteiger partial charge in [0.05, 0.1) is 8.07 Å². The van der Waals surface area contributed by atoms with Gasteiger partial charge in [-0.25, -0.2) is 0 Å². The standard InChI is InChI=1S/C17H25PSi/c1-17(2,3)19(4,16-12-8-9-13-16)14-18-15-10-6-5-7-11-15/h5-12,18H,13-14H2,1-4H3. The fourth-order valence-corrected chi connectivity index (χ4v) is 10.2. The summed E-state index contributed by atoms with van der Waals surface area (Å²) in [5, 5.41) is 3.69. The molecule has 0 amide bonds. The fourth-order valence-electron chi connectivity index (χ4n) is 2.55. The third kappa shape index (κ3) is 3.27. The minimum absolute atomic E-state index is 0.437. The molecule has 0 N–H and O–H groups in total. The van der Waals surface area contributed by atoms with Crippen LogP contribution in [0.1, 0.15) is 27.2 Å². The predicted molar refractivity (Wildman–Crippen MR) is 92.4 cm³/mol. The first kappa shape index (κ1) is 14.7. The minimum atomic E-state index is -1.39. The van der Waals surface area contributed by atoms with Gasteiger partial charge in [-0.1, -0.05) is 89.7 Å². The smallest absolute Gasteiger partial charge is 0.0884 e. The van der Waals surface area contributed by atoms with Gasteiger partial charge in [-0.2, -0.15) is 0 Å². The normalized spacial score (nSPS) is 18.8. The summed E-state index contributed by atoms with van der Waals surface area (Å²) in [5.74, 6) is 1.38. The zero-order valence-corrected chi connectivity index (χ0v) is 14.5. The Morgan fingerprint density at radius 3 is 2.37 bits per heavy atom. The van der Waals surface area contributed by atoms with Crippen LogP contribution in [0.5, 0.6) is 0 Å². The third-order valence-electron chi connectivity index (χ3n) is 4.56. The molecule has 1 aliphatic rings. The maximum Gasteiger partial charge on any atom is 0.0884 e. The van der Waals surface area contributed by atoms with Crippen molar-refractivity contribution in [3.8, 4) is 0 Å². The lowest BCUT2D eigenvalue weighted by atomic mass is 10.2. The van der Waals surface area contributed by atoms with Crippen LogP contribution in [0.15, 0.2) is 53.8 Å². The van der Waals surface area contributed by atoms with Crippen LogP contribution >= 0.6 is 8.58 Å². The van der Waals surface area contributed by atoms with Crippen molar-refractivity contribution >= 4 is 22.0 Å². The average molecular weight is 288 g/mol. The first-order valence-electron chi connectivity index (χ1n) is 7.08. The van der Waals surface area contributed by atoms with Gasteiger partial charge in [-0.3, -0.25) is 0 Å². The Labute approximate surface area is 120 Å². The number of benzene rings is 1. The van der Waals surface area contributed by atoms with E-state index in [0.717, 1.165) is 8.58 Å². The predicted octanol–water partition coefficient (Wildman–Crippen LogP) is 4.83. The van der Waals surface area contributed by atoms with Crippen molar-refractivity contribution in [3.63, 3.8) is 0 Å². The molecule has 0 aliphatic heterocycles. The van der Waals surface area contributed by atoms with Crippen LogP contribution < -0.4 is 5.30 Å². The van der Waals surface area contributed by atoms with Crippen molar-refractivity contribution in [2.24, 2.45) is 0 Å². The second kappa shape index (κ2) is 5.77. The lowest BCUT2D eigenvalue weighted by molar-refractivity contribution is 0.722. The van der Waals surface area contributed by atoms with Crippen LogP contribution in [0, 0.1) is 0 Å². The van der Waals surface area contributed by atoms with Crippen LogP contribution in [0.4, 0.5) is 0 Å². The molecule has 19 heavy (non-hydrogen) atoms. The SMILES string of the molecule is CC(C)(C)[Si](C)(CPc1ccccc1)C1=CC=CC1. The zero-order valence-electron chi connectivity index (χ0n) is 12.5. The Hall–Kier alpha value is -0.653. The lowest BCUT2D eigenvalue weighted by Crippen LogP contribution is -2.46. The Morgan fingerprint density at radius 1 is 1.16 bits per heavy atom. The molecule has 2 unspecified atom stereocenters. The molecular weight excluding hydrogens is 263 g/mol. The van der Waals surface area contributed by atoms with Crippen molar-refractivity contribution in [1.29, 1.82) is 0 Å². The van der Waals surface area contributed by atoms with Crippen molar-refractivity contribution in [3.05, 3.63) is 53.8 Å². The van der Waals surface area contributed by atoms with Gasteiger partial charge in [0.1, 0.15) is 0 Å². The van der Waals surface area contributed by atoms with Crippen LogP contribution in [0.25, 0.3) is 0 Å². The van der Waals surface area contributed by atoms with Crippen molar-refractivity contribution in [2.75, 3.05) is 5.79 Å². The van der Waals surface area contributed by atoms with Crippen LogP contribution in [0.3, 0.4) is 0 Å². The van der Waals surface area contributed by atoms with E-state index in [1.165, 1.54) is 17.5 Å². The molecule has 2 atom stereocenters. The highest BCUT2D eigenvalue weighted by molar-refractivity contribution is 7.51. The molecule has 1 aromatic carbocycles. The molecule has 2 rings (SSSR count). The van der Waals surface area contributed by atoms with E-state index < -0.39 is 8.07 Å². The average Bonchev–Trinajstić information content (AvgIpc) is 2.90. The van der Waals surface area contributed by atoms with E-state index in [4.69, 9.17) is 0 Å². The van der Waals surface area contributed by atoms with Crippen molar-refractivity contribution < 1.29 is 0 Å². The molecule has 0 fully saturated rings. The Morgan fingerprint density at radius 2 is 1.84 bits per heavy atom. The molecule has 1 aliphatic carbocycles. The fraction of sp³-hybridized carbons (Fsp3) is 0.412. The monoisotopic (exact) mass is 288 g/mol. The minimum Gasteiger partial charge on any atom is -0.0928 e. The van der Waals surface area contributed by atoms with E-state index >= 15 is 0 Å². The summed E-state index contributed by atoms with van der Waals surface area (Å²) in [5.41, 5.74) is 0. The second-order valence-corrected chi connectivity index (χ2v) is 13.8. The largest absolute Gasteiger partial charge is 0.0928 e. The van der Waals surface area contributed by atoms with E-state index in [1.54, 1.807) is 5.20 Å². The molecule has 1 aromatic rings. The quantitative estimate of drug-likeness (QED) is 0.549. The molecular formula is C17H25PSi. The lowest BCUT2D eigenvalue weighted by Gasteiger charge is -2.42. The molecule has 0 saturated carbocycles. The number of hydrogen-bond acceptors (Lipinski definition) is 0. The molecule has 0 radical (unpaired) electrons. The molecule has 0 spiro atoms. The van der Waals surface area contributed by atoms with E-state index in [0.29, 0.717) is 5.04 Å². The Bertz CT molecular complexity index is 482. The van der Waals surface area contributed by atoms with Gasteiger partial charge in [-0.15, -0.1) is 0 Å². The number of hydrogen-bond donors (Lipinski definition) is 0. The first-order valence-corrected chi connectivity index (χ1v) is 11.0. The number of rotatable bonds is 4. The summed E-state index contributed by atoms with van der Waals surface area (Å²) in [7, 11) is -0.441. The van der Waals surface area contributed by atoms with Crippen molar-refractivity contribution in [1.82, 2.24) is 0 Å². The summed E-state index contributed by atoms with van der Waals surface area (Å²) >= 11 is 0. The summed E-state index contributed by atoms with van der Waals surface area (Å²) in [6.45, 7) is 9.90. The van der Waals surface area contributed by atoms with E-state index in [1.807, 2.05) is 0 Å². The summed E-state index contributed by atoms with van der Waals surface area (Å²) in [6.07, 6.45) is 8.15. The van der Waals surface area contributed by atoms with Gasteiger partial charge in [0.25, 0.3) is 0 Å². The van der Waals surface area contributed by atoms with Crippen LogP contribution in [-0.4, -0.2) is 13.9 Å². The highest BCUT2D eigenvalue weighted by atomic mass is 31.1. The van der Waals surface area contributed by atoms with E-state index in [-0.39, 0.29) is 0 Å². The van der Waals surface area contributed by atoms with Gasteiger partial charge in [0.2, 0.25) is 0 Å². The highest BCUT2D eigenvalue weighted by Crippen LogP contribution is 2.45. The second-order valence-electron chi connectivity index (χ2n) is 6.63. The third-order valence-corrected chi connectivity index (χ3v) is 13.9. The maximum absolute atomic E-state index is 2.59. The van der Waals surface area contributed by atoms with E-state index in [9.17, 15) is 0 Å². The molecule has 102 valence electrons. The Balaban J connectivity index is 2.16. The zero-order chi connectivity index (χ0) is 13.9. The topological polar surface area (TPSA) is 0 Å². The first-order chi connectivity index (χ1) is 8.93. The summed E-state index contributed by atoms with van der Waals surface area (Å²) in [4.78, 5) is 0. The van der Waals surface area contributed by atoms with Gasteiger partial charge < -0.3 is 0 Å². The van der Waals surface area contributed by atoms with Gasteiger partial charge >= 0.3 is 0 Å². The van der Waals surface area contributed by atoms with Gasteiger partial charge in [-0.05, 0) is 22.5 Å². The van der Waals surface area contributed by atoms with Crippen LogP contribution in [0.2, 0.25) is 11.6 Å². The number of allylic oxidation sites excluding steroid dienone is 4. The van der Waals surface area contributed by atoms with Crippen molar-refractivity contribution in [2.45, 2.75) is 38.8 Å². The maximum atomic E-state index is 2.59. The van der Waals surface area contributed by atoms with Gasteiger partial charge in [0.15, 0.2) is 0 Å². The van der Waals surface area contributed by atoms with Gasteiger partial charge in [0, 0.05) is 0 Å². The molecule has 0 nitrogen and oxygen atoms in total. The van der Waals surface area contributed by atoms with E-state index in [2.05, 4.69) is 75.9 Å². The summed E-state index contributed by atoms with van der Waals surface area (Å²) in [6, 6.07) is 11.0. The Kier molecular flexibility index (Phi) is 4.48.